The van der Waals surface area contributed by atoms with Crippen molar-refractivity contribution in [3.05, 3.63) is 81.2 Å². The van der Waals surface area contributed by atoms with Crippen molar-refractivity contribution < 1.29 is 87.5 Å². The topological polar surface area (TPSA) is 341 Å². The van der Waals surface area contributed by atoms with Crippen molar-refractivity contribution in [1.29, 1.82) is 0 Å². The van der Waals surface area contributed by atoms with E-state index in [9.17, 15) is 63.9 Å². The highest BCUT2D eigenvalue weighted by molar-refractivity contribution is 6.18. The average Bonchev–Trinajstić information content (AvgIpc) is 4.06. The number of nitrogens with zero attached hydrogens (tertiary/aromatic N) is 4. The first kappa shape index (κ1) is 50.3. The number of carbonyl (C=O) groups is 7. The summed E-state index contributed by atoms with van der Waals surface area (Å²) in [4.78, 5) is 108. The predicted molar refractivity (Wildman–Crippen MR) is 243 cm³/mol. The summed E-state index contributed by atoms with van der Waals surface area (Å²) < 4.78 is 34.5. The molecule has 5 atom stereocenters. The highest BCUT2D eigenvalue weighted by Gasteiger charge is 2.48. The minimum Gasteiger partial charge on any atom is -0.507 e. The molecule has 0 aliphatic carbocycles. The van der Waals surface area contributed by atoms with Crippen LogP contribution in [0, 0.1) is 0 Å². The molecule has 0 unspecified atom stereocenters. The molecule has 2 radical (unpaired) electrons. The lowest BCUT2D eigenvalue weighted by atomic mass is 9.99. The maximum absolute atomic E-state index is 14.0. The minimum absolute atomic E-state index is 0.0450. The van der Waals surface area contributed by atoms with E-state index in [-0.39, 0.29) is 80.6 Å². The summed E-state index contributed by atoms with van der Waals surface area (Å²) in [5, 5.41) is 57.4. The standard InChI is InChI=1S/C46H45BN6O19/c1-2-51(16-23-22-12-31-32(70-20-69-31)13-26(22)50-38-24(23)17-53-28(38)14-29(54)25(43(53)63)19-67-37(59)15-47)46(66)68-18-21-3-4-30(71-45-41(62)39(60)40(61)42(72-45)44(64)65)27(11-21)49-34(56)7-9-48-33(55)8-10-52-35(57)5-6-36(52)58/h3-6,11-14,39-42,45,54,60-62H,2,7-10,15-20H2,1H3,(H,48,55)(H,49,56)(H,64,65)/t39-,40-,41+,42-,45+/m0/s1. The van der Waals surface area contributed by atoms with E-state index in [0.717, 1.165) is 17.1 Å². The van der Waals surface area contributed by atoms with Gasteiger partial charge in [0.25, 0.3) is 23.3 Å². The van der Waals surface area contributed by atoms with Gasteiger partial charge in [-0.15, -0.1) is 0 Å². The largest absolute Gasteiger partial charge is 0.507 e. The highest BCUT2D eigenvalue weighted by atomic mass is 16.7. The van der Waals surface area contributed by atoms with Crippen LogP contribution in [0.15, 0.2) is 53.3 Å². The number of hydrogen-bond acceptors (Lipinski definition) is 19. The number of aromatic hydroxyl groups is 1. The fourth-order valence-corrected chi connectivity index (χ4v) is 8.21. The number of aromatic nitrogens is 2. The molecule has 26 heteroatoms. The van der Waals surface area contributed by atoms with Crippen molar-refractivity contribution in [2.24, 2.45) is 0 Å². The smallest absolute Gasteiger partial charge is 0.410 e. The van der Waals surface area contributed by atoms with Crippen LogP contribution in [0.2, 0.25) is 6.32 Å². The molecule has 4 aliphatic heterocycles. The Morgan fingerprint density at radius 3 is 2.35 bits per heavy atom. The molecule has 25 nitrogen and oxygen atoms in total. The minimum atomic E-state index is -2.02. The van der Waals surface area contributed by atoms with Crippen molar-refractivity contribution >= 4 is 66.1 Å². The van der Waals surface area contributed by atoms with Crippen molar-refractivity contribution in [3.63, 3.8) is 0 Å². The Morgan fingerprint density at radius 1 is 0.903 bits per heavy atom. The lowest BCUT2D eigenvalue weighted by Crippen LogP contribution is -2.61. The Bertz CT molecular complexity index is 2960. The van der Waals surface area contributed by atoms with Gasteiger partial charge in [0, 0.05) is 74.0 Å². The Kier molecular flexibility index (Phi) is 14.8. The first-order chi connectivity index (χ1) is 34.5. The van der Waals surface area contributed by atoms with Gasteiger partial charge < -0.3 is 74.1 Å². The number of carbonyl (C=O) groups excluding carboxylic acids is 6. The lowest BCUT2D eigenvalue weighted by molar-refractivity contribution is -0.271. The number of ether oxygens (including phenoxy) is 6. The number of aliphatic carboxylic acids is 1. The number of aliphatic hydroxyl groups is 3. The fraction of sp³-hybridized carbons (Fsp3) is 0.370. The highest BCUT2D eigenvalue weighted by Crippen LogP contribution is 2.42. The Morgan fingerprint density at radius 2 is 1.64 bits per heavy atom. The first-order valence-corrected chi connectivity index (χ1v) is 22.3. The molecule has 0 bridgehead atoms. The van der Waals surface area contributed by atoms with Crippen LogP contribution in [0.3, 0.4) is 0 Å². The molecule has 2 aromatic carbocycles. The first-order valence-electron chi connectivity index (χ1n) is 22.3. The molecule has 376 valence electrons. The zero-order valence-corrected chi connectivity index (χ0v) is 38.1. The van der Waals surface area contributed by atoms with Crippen molar-refractivity contribution in [2.45, 2.75) is 83.1 Å². The van der Waals surface area contributed by atoms with Crippen LogP contribution < -0.4 is 30.4 Å². The van der Waals surface area contributed by atoms with Gasteiger partial charge in [0.2, 0.25) is 24.9 Å². The van der Waals surface area contributed by atoms with Crippen LogP contribution in [0.5, 0.6) is 23.0 Å². The summed E-state index contributed by atoms with van der Waals surface area (Å²) >= 11 is 0. The van der Waals surface area contributed by atoms with Crippen molar-refractivity contribution in [3.8, 4) is 34.4 Å². The number of hydrogen-bond donors (Lipinski definition) is 7. The van der Waals surface area contributed by atoms with E-state index in [0.29, 0.717) is 39.2 Å². The summed E-state index contributed by atoms with van der Waals surface area (Å²) in [6, 6.07) is 8.72. The lowest BCUT2D eigenvalue weighted by Gasteiger charge is -2.38. The molecule has 7 N–H and O–H groups in total. The summed E-state index contributed by atoms with van der Waals surface area (Å²) in [6.45, 7) is 0.298. The van der Waals surface area contributed by atoms with Crippen LogP contribution in [0.25, 0.3) is 22.3 Å². The van der Waals surface area contributed by atoms with Crippen molar-refractivity contribution in [2.75, 3.05) is 31.7 Å². The Balaban J connectivity index is 1.01. The summed E-state index contributed by atoms with van der Waals surface area (Å²) in [5.74, 6) is -4.67. The quantitative estimate of drug-likeness (QED) is 0.0336. The van der Waals surface area contributed by atoms with E-state index >= 15 is 0 Å². The van der Waals surface area contributed by atoms with Gasteiger partial charge in [-0.05, 0) is 36.2 Å². The number of anilines is 1. The molecular weight excluding hydrogens is 951 g/mol. The molecule has 0 saturated carbocycles. The molecule has 4 aromatic rings. The van der Waals surface area contributed by atoms with Gasteiger partial charge in [-0.1, -0.05) is 6.07 Å². The van der Waals surface area contributed by atoms with Gasteiger partial charge in [-0.2, -0.15) is 0 Å². The number of nitrogens with one attached hydrogen (secondary N) is 2. The second-order valence-corrected chi connectivity index (χ2v) is 16.6. The van der Waals surface area contributed by atoms with Gasteiger partial charge in [-0.3, -0.25) is 33.7 Å². The molecule has 4 aliphatic rings. The third-order valence-corrected chi connectivity index (χ3v) is 12.0. The van der Waals surface area contributed by atoms with Gasteiger partial charge in [-0.25, -0.2) is 14.6 Å². The molecular formula is C46H45BN6O19. The molecule has 72 heavy (non-hydrogen) atoms. The molecule has 1 fully saturated rings. The third-order valence-electron chi connectivity index (χ3n) is 12.0. The summed E-state index contributed by atoms with van der Waals surface area (Å²) in [6.07, 6.45) is -9.54. The molecule has 1 saturated heterocycles. The molecule has 8 rings (SSSR count). The number of rotatable bonds is 18. The zero-order valence-electron chi connectivity index (χ0n) is 38.1. The van der Waals surface area contributed by atoms with Gasteiger partial charge in [0.05, 0.1) is 49.1 Å². The van der Waals surface area contributed by atoms with E-state index in [1.807, 2.05) is 0 Å². The second-order valence-electron chi connectivity index (χ2n) is 16.6. The van der Waals surface area contributed by atoms with E-state index < -0.39 is 103 Å². The zero-order chi connectivity index (χ0) is 51.5. The van der Waals surface area contributed by atoms with Crippen LogP contribution in [-0.2, 0) is 69.3 Å². The number of esters is 1. The van der Waals surface area contributed by atoms with Crippen LogP contribution in [-0.4, -0.2) is 152 Å². The van der Waals surface area contributed by atoms with Gasteiger partial charge >= 0.3 is 12.1 Å². The number of aliphatic hydroxyl groups excluding tert-OH is 3. The third kappa shape index (κ3) is 10.4. The van der Waals surface area contributed by atoms with Crippen molar-refractivity contribution in [1.82, 2.24) is 24.7 Å². The molecule has 6 heterocycles. The number of fused-ring (bicyclic) bond motifs is 5. The number of amides is 5. The molecule has 0 spiro atoms. The number of pyridine rings is 2. The summed E-state index contributed by atoms with van der Waals surface area (Å²) in [5.41, 5.74) is 1.42. The van der Waals surface area contributed by atoms with E-state index in [4.69, 9.17) is 41.3 Å². The monoisotopic (exact) mass is 996 g/mol. The van der Waals surface area contributed by atoms with Crippen LogP contribution in [0.1, 0.15) is 42.0 Å². The number of carboxylic acids is 1. The Hall–Kier alpha value is -8.07. The number of imide groups is 1. The maximum atomic E-state index is 14.0. The van der Waals surface area contributed by atoms with E-state index in [2.05, 4.69) is 10.6 Å². The maximum Gasteiger partial charge on any atom is 0.410 e. The van der Waals surface area contributed by atoms with E-state index in [1.165, 1.54) is 33.7 Å². The predicted octanol–water partition coefficient (Wildman–Crippen LogP) is -0.321. The van der Waals surface area contributed by atoms with Crippen LogP contribution in [0.4, 0.5) is 10.5 Å². The van der Waals surface area contributed by atoms with Crippen LogP contribution >= 0.6 is 0 Å². The fourth-order valence-electron chi connectivity index (χ4n) is 8.21. The van der Waals surface area contributed by atoms with Gasteiger partial charge in [0.15, 0.2) is 17.6 Å². The van der Waals surface area contributed by atoms with E-state index in [1.54, 1.807) is 19.1 Å². The summed E-state index contributed by atoms with van der Waals surface area (Å²) in [7, 11) is 5.34. The second kappa shape index (κ2) is 21.1. The SMILES string of the molecule is [B]CC(=O)OCc1c(O)cc2n(c1=O)Cc1c-2nc2cc3c(cc2c1CN(CC)C(=O)OCc1ccc(O[C@@H]2O[C@H](C(=O)O)[C@@H](O)[C@H](O)[C@H]2O)c(NC(=O)CCNC(=O)CCN2C(=O)C=CC2=O)c1)OCO3. The number of carboxylic acid groups (broad SMARTS) is 1. The van der Waals surface area contributed by atoms with Gasteiger partial charge in [0.1, 0.15) is 43.0 Å². The average molecular weight is 997 g/mol. The number of benzene rings is 2. The molecule has 5 amide bonds. The Labute approximate surface area is 407 Å². The molecule has 2 aromatic heterocycles. The normalized spacial score (nSPS) is 19.4.